The van der Waals surface area contributed by atoms with E-state index in [1.165, 1.54) is 35.2 Å². The topological polar surface area (TPSA) is 116 Å². The summed E-state index contributed by atoms with van der Waals surface area (Å²) in [5, 5.41) is 11.6. The molecule has 0 radical (unpaired) electrons. The Kier molecular flexibility index (Phi) is 9.62. The predicted octanol–water partition coefficient (Wildman–Crippen LogP) is 4.85. The molecule has 2 aromatic rings. The van der Waals surface area contributed by atoms with E-state index in [4.69, 9.17) is 5.73 Å². The number of hydrogen-bond donors (Lipinski definition) is 2. The fourth-order valence-electron chi connectivity index (χ4n) is 4.74. The highest BCUT2D eigenvalue weighted by atomic mass is 19.4. The first-order chi connectivity index (χ1) is 19.1. The van der Waals surface area contributed by atoms with E-state index in [9.17, 15) is 50.4 Å². The fraction of sp³-hybridized carbons (Fsp3) is 0.407. The monoisotopic (exact) mass is 586 g/mol. The van der Waals surface area contributed by atoms with Gasteiger partial charge in [0.1, 0.15) is 11.9 Å². The Labute approximate surface area is 230 Å². The Bertz CT molecular complexity index is 1340. The predicted molar refractivity (Wildman–Crippen MR) is 132 cm³/mol. The minimum atomic E-state index is -4.80. The minimum Gasteiger partial charge on any atom is -0.369 e. The van der Waals surface area contributed by atoms with Gasteiger partial charge >= 0.3 is 12.4 Å². The van der Waals surface area contributed by atoms with Crippen molar-refractivity contribution < 1.29 is 45.1 Å². The molecule has 0 aromatic heterocycles. The maximum atomic E-state index is 14.8. The lowest BCUT2D eigenvalue weighted by molar-refractivity contribution is -0.152. The first-order valence-electron chi connectivity index (χ1n) is 12.4. The number of benzene rings is 2. The number of rotatable bonds is 9. The molecule has 2 amide bonds. The van der Waals surface area contributed by atoms with Crippen LogP contribution in [0.3, 0.4) is 0 Å². The quantitative estimate of drug-likeness (QED) is 0.408. The van der Waals surface area contributed by atoms with Gasteiger partial charge in [-0.25, -0.2) is 4.39 Å². The van der Waals surface area contributed by atoms with Gasteiger partial charge in [-0.1, -0.05) is 12.1 Å². The number of carbonyl (C=O) groups is 3. The van der Waals surface area contributed by atoms with Gasteiger partial charge in [-0.3, -0.25) is 14.4 Å². The summed E-state index contributed by atoms with van der Waals surface area (Å²) in [6.07, 6.45) is -15.3. The number of amides is 2. The third-order valence-corrected chi connectivity index (χ3v) is 6.76. The van der Waals surface area contributed by atoms with E-state index < -0.39 is 85.7 Å². The van der Waals surface area contributed by atoms with Gasteiger partial charge in [0.15, 0.2) is 5.78 Å². The molecule has 1 heterocycles. The standard InChI is InChI=1S/C27H25F7N4O3/c28-20-5-2-6-22-19(20)12-23(39)21(14-38(22)16-4-1-3-15(11-16)13-35)37-25(41)18(8-10-27(32,33)34)17(24(36)40)7-9-26(29,30)31/h1-6,11,17-18,21H,7-10,12,14H2,(H2,36,40)(H,37,41)/t17-,18+,21-/m0/s1. The van der Waals surface area contributed by atoms with Crippen LogP contribution in [0.2, 0.25) is 0 Å². The van der Waals surface area contributed by atoms with Crippen LogP contribution < -0.4 is 16.0 Å². The van der Waals surface area contributed by atoms with E-state index in [0.29, 0.717) is 5.69 Å². The van der Waals surface area contributed by atoms with Gasteiger partial charge in [0, 0.05) is 48.0 Å². The zero-order valence-corrected chi connectivity index (χ0v) is 21.4. The minimum absolute atomic E-state index is 0.0366. The lowest BCUT2D eigenvalue weighted by Gasteiger charge is -2.30. The number of nitrogens with two attached hydrogens (primary N) is 1. The lowest BCUT2D eigenvalue weighted by Crippen LogP contribution is -2.51. The second kappa shape index (κ2) is 12.6. The van der Waals surface area contributed by atoms with E-state index >= 15 is 0 Å². The molecule has 3 atom stereocenters. The van der Waals surface area contributed by atoms with Crippen molar-refractivity contribution in [1.82, 2.24) is 5.32 Å². The van der Waals surface area contributed by atoms with Crippen LogP contribution in [0, 0.1) is 29.0 Å². The van der Waals surface area contributed by atoms with Crippen molar-refractivity contribution in [2.75, 3.05) is 11.4 Å². The zero-order valence-electron chi connectivity index (χ0n) is 21.4. The number of halogens is 7. The Balaban J connectivity index is 1.98. The SMILES string of the molecule is N#Cc1cccc(N2C[C@H](NC(=O)[C@H](CCC(F)(F)F)[C@H](CCC(F)(F)F)C(N)=O)C(=O)Cc3c(F)cccc32)c1. The molecule has 0 unspecified atom stereocenters. The number of hydrogen-bond acceptors (Lipinski definition) is 5. The van der Waals surface area contributed by atoms with Crippen LogP contribution in [0.1, 0.15) is 36.8 Å². The van der Waals surface area contributed by atoms with Gasteiger partial charge < -0.3 is 16.0 Å². The molecule has 0 aliphatic carbocycles. The first kappa shape index (κ1) is 31.4. The molecule has 3 rings (SSSR count). The summed E-state index contributed by atoms with van der Waals surface area (Å²) in [5.41, 5.74) is 5.97. The fourth-order valence-corrected chi connectivity index (χ4v) is 4.74. The smallest absolute Gasteiger partial charge is 0.369 e. The van der Waals surface area contributed by atoms with Crippen molar-refractivity contribution in [1.29, 1.82) is 5.26 Å². The average molecular weight is 587 g/mol. The van der Waals surface area contributed by atoms with Gasteiger partial charge in [0.2, 0.25) is 11.8 Å². The number of fused-ring (bicyclic) bond motifs is 1. The highest BCUT2D eigenvalue weighted by Crippen LogP contribution is 2.35. The number of carbonyl (C=O) groups excluding carboxylic acids is 3. The molecule has 3 N–H and O–H groups in total. The summed E-state index contributed by atoms with van der Waals surface area (Å²) < 4.78 is 92.5. The second-order valence-electron chi connectivity index (χ2n) is 9.64. The molecule has 41 heavy (non-hydrogen) atoms. The van der Waals surface area contributed by atoms with E-state index in [1.807, 2.05) is 6.07 Å². The van der Waals surface area contributed by atoms with Gasteiger partial charge in [-0.15, -0.1) is 0 Å². The molecule has 0 spiro atoms. The number of ketones is 1. The van der Waals surface area contributed by atoms with Gasteiger partial charge in [0.25, 0.3) is 0 Å². The molecule has 7 nitrogen and oxygen atoms in total. The largest absolute Gasteiger partial charge is 0.389 e. The molecule has 1 aliphatic heterocycles. The molecule has 2 aromatic carbocycles. The van der Waals surface area contributed by atoms with Crippen LogP contribution in [-0.4, -0.2) is 42.5 Å². The molecule has 0 bridgehead atoms. The van der Waals surface area contributed by atoms with Crippen molar-refractivity contribution >= 4 is 29.0 Å². The van der Waals surface area contributed by atoms with Crippen molar-refractivity contribution in [3.63, 3.8) is 0 Å². The Morgan fingerprint density at radius 2 is 1.63 bits per heavy atom. The molecular weight excluding hydrogens is 561 g/mol. The zero-order chi connectivity index (χ0) is 30.5. The molecule has 220 valence electrons. The number of alkyl halides is 6. The first-order valence-corrected chi connectivity index (χ1v) is 12.4. The Morgan fingerprint density at radius 3 is 2.22 bits per heavy atom. The van der Waals surface area contributed by atoms with E-state index in [2.05, 4.69) is 5.32 Å². The summed E-state index contributed by atoms with van der Waals surface area (Å²) >= 11 is 0. The van der Waals surface area contributed by atoms with Crippen LogP contribution >= 0.6 is 0 Å². The second-order valence-corrected chi connectivity index (χ2v) is 9.64. The molecule has 0 saturated carbocycles. The Hall–Kier alpha value is -4.15. The molecule has 1 aliphatic rings. The van der Waals surface area contributed by atoms with E-state index in [-0.39, 0.29) is 23.4 Å². The highest BCUT2D eigenvalue weighted by Gasteiger charge is 2.41. The van der Waals surface area contributed by atoms with Crippen molar-refractivity contribution in [2.45, 2.75) is 50.5 Å². The molecule has 0 fully saturated rings. The molecule has 0 saturated heterocycles. The number of nitriles is 1. The summed E-state index contributed by atoms with van der Waals surface area (Å²) in [5.74, 6) is -7.97. The highest BCUT2D eigenvalue weighted by molar-refractivity contribution is 5.95. The number of nitrogens with zero attached hydrogens (tertiary/aromatic N) is 2. The summed E-state index contributed by atoms with van der Waals surface area (Å²) in [4.78, 5) is 39.9. The lowest BCUT2D eigenvalue weighted by atomic mass is 9.83. The van der Waals surface area contributed by atoms with Gasteiger partial charge in [0.05, 0.1) is 18.2 Å². The number of primary amides is 1. The molecular formula is C27H25F7N4O3. The van der Waals surface area contributed by atoms with Crippen LogP contribution in [0.5, 0.6) is 0 Å². The van der Waals surface area contributed by atoms with E-state index in [0.717, 1.165) is 6.07 Å². The summed E-state index contributed by atoms with van der Waals surface area (Å²) in [7, 11) is 0. The third kappa shape index (κ3) is 8.42. The van der Waals surface area contributed by atoms with Crippen LogP contribution in [0.4, 0.5) is 42.1 Å². The van der Waals surface area contributed by atoms with Crippen molar-refractivity contribution in [2.24, 2.45) is 17.6 Å². The average Bonchev–Trinajstić information content (AvgIpc) is 3.01. The maximum absolute atomic E-state index is 14.8. The normalized spacial score (nSPS) is 17.2. The summed E-state index contributed by atoms with van der Waals surface area (Å²) in [6, 6.07) is 10.5. The third-order valence-electron chi connectivity index (χ3n) is 6.76. The van der Waals surface area contributed by atoms with Crippen LogP contribution in [-0.2, 0) is 20.8 Å². The van der Waals surface area contributed by atoms with Crippen LogP contribution in [0.15, 0.2) is 42.5 Å². The van der Waals surface area contributed by atoms with Crippen molar-refractivity contribution in [3.05, 3.63) is 59.4 Å². The van der Waals surface area contributed by atoms with Gasteiger partial charge in [-0.05, 0) is 43.2 Å². The van der Waals surface area contributed by atoms with Crippen LogP contribution in [0.25, 0.3) is 0 Å². The van der Waals surface area contributed by atoms with Gasteiger partial charge in [-0.2, -0.15) is 31.6 Å². The number of Topliss-reactive ketones (excluding diaryl/α,β-unsaturated/α-hetero) is 1. The maximum Gasteiger partial charge on any atom is 0.389 e. The summed E-state index contributed by atoms with van der Waals surface area (Å²) in [6.45, 7) is -0.355. The Morgan fingerprint density at radius 1 is 1.02 bits per heavy atom. The number of nitrogens with one attached hydrogen (secondary N) is 1. The van der Waals surface area contributed by atoms with E-state index in [1.54, 1.807) is 6.07 Å². The van der Waals surface area contributed by atoms with Crippen molar-refractivity contribution in [3.8, 4) is 6.07 Å². The molecule has 14 heteroatoms. The number of anilines is 2.